The first-order chi connectivity index (χ1) is 11.0. The first-order valence-electron chi connectivity index (χ1n) is 7.58. The van der Waals surface area contributed by atoms with Gasteiger partial charge in [0.1, 0.15) is 4.88 Å². The number of amides is 1. The van der Waals surface area contributed by atoms with Crippen LogP contribution in [0.25, 0.3) is 0 Å². The number of esters is 1. The van der Waals surface area contributed by atoms with Crippen LogP contribution in [0.4, 0.5) is 0 Å². The van der Waals surface area contributed by atoms with E-state index in [2.05, 4.69) is 5.32 Å². The molecule has 1 atom stereocenters. The van der Waals surface area contributed by atoms with Crippen LogP contribution in [-0.2, 0) is 9.53 Å². The normalized spacial score (nSPS) is 11.8. The maximum Gasteiger partial charge on any atom is 0.349 e. The molecule has 0 aliphatic heterocycles. The Labute approximate surface area is 140 Å². The highest BCUT2D eigenvalue weighted by Crippen LogP contribution is 2.18. The number of nitrogens with one attached hydrogen (secondary N) is 1. The number of aryl methyl sites for hydroxylation is 2. The summed E-state index contributed by atoms with van der Waals surface area (Å²) in [7, 11) is 0. The third-order valence-electron chi connectivity index (χ3n) is 3.61. The van der Waals surface area contributed by atoms with E-state index in [1.807, 2.05) is 56.5 Å². The monoisotopic (exact) mass is 331 g/mol. The van der Waals surface area contributed by atoms with Crippen molar-refractivity contribution in [2.24, 2.45) is 0 Å². The van der Waals surface area contributed by atoms with Gasteiger partial charge < -0.3 is 10.1 Å². The molecule has 0 saturated carbocycles. The number of thiophene rings is 1. The van der Waals surface area contributed by atoms with E-state index in [0.29, 0.717) is 4.88 Å². The molecule has 0 aliphatic rings. The molecule has 0 saturated heterocycles. The molecule has 0 unspecified atom stereocenters. The number of hydrogen-bond donors (Lipinski definition) is 1. The second-order valence-electron chi connectivity index (χ2n) is 5.45. The number of carbonyl (C=O) groups is 2. The summed E-state index contributed by atoms with van der Waals surface area (Å²) >= 11 is 1.32. The minimum absolute atomic E-state index is 0.0784. The van der Waals surface area contributed by atoms with E-state index in [-0.39, 0.29) is 18.6 Å². The molecule has 0 fully saturated rings. The van der Waals surface area contributed by atoms with Crippen molar-refractivity contribution in [1.29, 1.82) is 0 Å². The fraction of sp³-hybridized carbons (Fsp3) is 0.333. The van der Waals surface area contributed by atoms with Gasteiger partial charge in [-0.25, -0.2) is 4.79 Å². The number of carbonyl (C=O) groups excluding carboxylic acids is 2. The topological polar surface area (TPSA) is 55.4 Å². The van der Waals surface area contributed by atoms with Gasteiger partial charge in [-0.05, 0) is 42.8 Å². The Bertz CT molecular complexity index is 676. The zero-order chi connectivity index (χ0) is 16.8. The Kier molecular flexibility index (Phi) is 5.93. The zero-order valence-corrected chi connectivity index (χ0v) is 14.4. The highest BCUT2D eigenvalue weighted by Gasteiger charge is 2.16. The molecule has 0 aliphatic carbocycles. The Morgan fingerprint density at radius 2 is 1.87 bits per heavy atom. The van der Waals surface area contributed by atoms with Crippen LogP contribution in [-0.4, -0.2) is 18.5 Å². The summed E-state index contributed by atoms with van der Waals surface area (Å²) in [6.45, 7) is 5.61. The first-order valence-corrected chi connectivity index (χ1v) is 8.46. The lowest BCUT2D eigenvalue weighted by Gasteiger charge is -2.17. The van der Waals surface area contributed by atoms with Crippen LogP contribution in [0.5, 0.6) is 0 Å². The van der Waals surface area contributed by atoms with Crippen molar-refractivity contribution in [2.75, 3.05) is 6.61 Å². The molecule has 1 aromatic carbocycles. The summed E-state index contributed by atoms with van der Waals surface area (Å²) in [5.74, 6) is -0.740. The van der Waals surface area contributed by atoms with Crippen LogP contribution in [0.2, 0.25) is 0 Å². The molecule has 2 aromatic rings. The van der Waals surface area contributed by atoms with E-state index >= 15 is 0 Å². The van der Waals surface area contributed by atoms with E-state index in [0.717, 1.165) is 17.5 Å². The zero-order valence-electron chi connectivity index (χ0n) is 13.6. The molecule has 4 nitrogen and oxygen atoms in total. The number of ether oxygens (including phenoxy) is 1. The van der Waals surface area contributed by atoms with Crippen LogP contribution in [0, 0.1) is 13.8 Å². The second-order valence-corrected chi connectivity index (χ2v) is 6.36. The van der Waals surface area contributed by atoms with Gasteiger partial charge in [0.2, 0.25) is 0 Å². The van der Waals surface area contributed by atoms with E-state index in [9.17, 15) is 9.59 Å². The molecule has 0 radical (unpaired) electrons. The van der Waals surface area contributed by atoms with Crippen LogP contribution in [0.1, 0.15) is 45.7 Å². The quantitative estimate of drug-likeness (QED) is 0.819. The van der Waals surface area contributed by atoms with Crippen LogP contribution in [0.15, 0.2) is 35.7 Å². The first kappa shape index (κ1) is 17.2. The van der Waals surface area contributed by atoms with E-state index < -0.39 is 5.97 Å². The Morgan fingerprint density at radius 3 is 2.43 bits per heavy atom. The molecule has 1 heterocycles. The molecule has 5 heteroatoms. The second kappa shape index (κ2) is 7.92. The summed E-state index contributed by atoms with van der Waals surface area (Å²) in [6.07, 6.45) is 0.771. The lowest BCUT2D eigenvalue weighted by molar-refractivity contribution is -0.125. The maximum atomic E-state index is 12.0. The third kappa shape index (κ3) is 4.66. The Balaban J connectivity index is 1.89. The van der Waals surface area contributed by atoms with Gasteiger partial charge >= 0.3 is 5.97 Å². The van der Waals surface area contributed by atoms with Crippen molar-refractivity contribution in [1.82, 2.24) is 5.32 Å². The maximum absolute atomic E-state index is 12.0. The van der Waals surface area contributed by atoms with Gasteiger partial charge in [-0.2, -0.15) is 0 Å². The predicted molar refractivity (Wildman–Crippen MR) is 91.7 cm³/mol. The minimum atomic E-state index is -0.448. The van der Waals surface area contributed by atoms with Gasteiger partial charge in [-0.1, -0.05) is 36.8 Å². The SMILES string of the molecule is CC[C@H](NC(=O)COC(=O)c1sccc1C)c1ccc(C)cc1. The van der Waals surface area contributed by atoms with Crippen LogP contribution in [0.3, 0.4) is 0 Å². The number of hydrogen-bond acceptors (Lipinski definition) is 4. The van der Waals surface area contributed by atoms with Crippen molar-refractivity contribution in [3.63, 3.8) is 0 Å². The Hall–Kier alpha value is -2.14. The smallest absolute Gasteiger partial charge is 0.349 e. The molecule has 122 valence electrons. The van der Waals surface area contributed by atoms with Crippen molar-refractivity contribution >= 4 is 23.2 Å². The van der Waals surface area contributed by atoms with Gasteiger partial charge in [-0.3, -0.25) is 4.79 Å². The van der Waals surface area contributed by atoms with Crippen LogP contribution >= 0.6 is 11.3 Å². The average Bonchev–Trinajstić information content (AvgIpc) is 2.97. The molecular formula is C18H21NO3S. The third-order valence-corrected chi connectivity index (χ3v) is 4.60. The average molecular weight is 331 g/mol. The summed E-state index contributed by atoms with van der Waals surface area (Å²) in [5, 5.41) is 4.73. The molecular weight excluding hydrogens is 310 g/mol. The molecule has 0 bridgehead atoms. The highest BCUT2D eigenvalue weighted by atomic mass is 32.1. The van der Waals surface area contributed by atoms with E-state index in [1.54, 1.807) is 0 Å². The number of rotatable bonds is 6. The molecule has 1 N–H and O–H groups in total. The summed E-state index contributed by atoms with van der Waals surface area (Å²) in [6, 6.07) is 9.82. The molecule has 0 spiro atoms. The van der Waals surface area contributed by atoms with Gasteiger partial charge in [0.25, 0.3) is 5.91 Å². The largest absolute Gasteiger partial charge is 0.451 e. The summed E-state index contributed by atoms with van der Waals surface area (Å²) < 4.78 is 5.09. The molecule has 1 aromatic heterocycles. The predicted octanol–water partition coefficient (Wildman–Crippen LogP) is 3.79. The molecule has 2 rings (SSSR count). The van der Waals surface area contributed by atoms with Crippen molar-refractivity contribution in [3.8, 4) is 0 Å². The lowest BCUT2D eigenvalue weighted by atomic mass is 10.0. The summed E-state index contributed by atoms with van der Waals surface area (Å²) in [4.78, 5) is 24.5. The molecule has 1 amide bonds. The van der Waals surface area contributed by atoms with Crippen LogP contribution < -0.4 is 5.32 Å². The van der Waals surface area contributed by atoms with Gasteiger partial charge in [0, 0.05) is 0 Å². The fourth-order valence-electron chi connectivity index (χ4n) is 2.23. The van der Waals surface area contributed by atoms with E-state index in [1.165, 1.54) is 16.9 Å². The van der Waals surface area contributed by atoms with Gasteiger partial charge in [0.05, 0.1) is 6.04 Å². The van der Waals surface area contributed by atoms with Crippen molar-refractivity contribution in [3.05, 3.63) is 57.3 Å². The van der Waals surface area contributed by atoms with Gasteiger partial charge in [0.15, 0.2) is 6.61 Å². The van der Waals surface area contributed by atoms with E-state index in [4.69, 9.17) is 4.74 Å². The van der Waals surface area contributed by atoms with Crippen molar-refractivity contribution < 1.29 is 14.3 Å². The highest BCUT2D eigenvalue weighted by molar-refractivity contribution is 7.12. The fourth-order valence-corrected chi connectivity index (χ4v) is 3.05. The standard InChI is InChI=1S/C18H21NO3S/c1-4-15(14-7-5-12(2)6-8-14)19-16(20)11-22-18(21)17-13(3)9-10-23-17/h5-10,15H,4,11H2,1-3H3,(H,19,20)/t15-/m0/s1. The Morgan fingerprint density at radius 1 is 1.17 bits per heavy atom. The van der Waals surface area contributed by atoms with Crippen molar-refractivity contribution in [2.45, 2.75) is 33.2 Å². The minimum Gasteiger partial charge on any atom is -0.451 e. The number of benzene rings is 1. The lowest BCUT2D eigenvalue weighted by Crippen LogP contribution is -2.32. The molecule has 23 heavy (non-hydrogen) atoms. The van der Waals surface area contributed by atoms with Gasteiger partial charge in [-0.15, -0.1) is 11.3 Å². The summed E-state index contributed by atoms with van der Waals surface area (Å²) in [5.41, 5.74) is 3.09.